The minimum Gasteiger partial charge on any atom is -0.497 e. The Hall–Kier alpha value is -2.66. The molecule has 2 aromatic heterocycles. The molecule has 0 radical (unpaired) electrons. The zero-order chi connectivity index (χ0) is 16.8. The van der Waals surface area contributed by atoms with Crippen LogP contribution < -0.4 is 10.1 Å². The van der Waals surface area contributed by atoms with E-state index in [1.807, 2.05) is 53.9 Å². The molecule has 4 nitrogen and oxygen atoms in total. The lowest BCUT2D eigenvalue weighted by atomic mass is 9.99. The van der Waals surface area contributed by atoms with E-state index in [9.17, 15) is 4.79 Å². The maximum atomic E-state index is 12.4. The molecule has 122 valence electrons. The third-order valence-electron chi connectivity index (χ3n) is 3.71. The molecular formula is C19H18N2O2S. The number of thiophene rings is 1. The van der Waals surface area contributed by atoms with Crippen LogP contribution in [0.2, 0.25) is 0 Å². The number of aromatic nitrogens is 1. The number of nitrogens with one attached hydrogen (secondary N) is 1. The summed E-state index contributed by atoms with van der Waals surface area (Å²) >= 11 is 1.59. The maximum absolute atomic E-state index is 12.4. The summed E-state index contributed by atoms with van der Waals surface area (Å²) in [6, 6.07) is 15.3. The number of amides is 1. The first-order valence-corrected chi connectivity index (χ1v) is 8.50. The molecule has 0 saturated heterocycles. The molecule has 1 amide bonds. The van der Waals surface area contributed by atoms with E-state index in [1.54, 1.807) is 30.8 Å². The van der Waals surface area contributed by atoms with Gasteiger partial charge in [0.15, 0.2) is 0 Å². The molecule has 1 N–H and O–H groups in total. The van der Waals surface area contributed by atoms with Gasteiger partial charge in [0.05, 0.1) is 19.6 Å². The SMILES string of the molecule is COc1ccc(C(NC(=O)Cc2cccs2)c2ccncc2)cc1. The summed E-state index contributed by atoms with van der Waals surface area (Å²) < 4.78 is 5.21. The molecule has 0 aliphatic carbocycles. The van der Waals surface area contributed by atoms with Gasteiger partial charge >= 0.3 is 0 Å². The zero-order valence-corrected chi connectivity index (χ0v) is 14.1. The molecule has 3 aromatic rings. The van der Waals surface area contributed by atoms with Crippen molar-refractivity contribution in [3.63, 3.8) is 0 Å². The van der Waals surface area contributed by atoms with Crippen molar-refractivity contribution in [1.29, 1.82) is 0 Å². The smallest absolute Gasteiger partial charge is 0.226 e. The largest absolute Gasteiger partial charge is 0.497 e. The monoisotopic (exact) mass is 338 g/mol. The van der Waals surface area contributed by atoms with Gasteiger partial charge in [-0.1, -0.05) is 18.2 Å². The first-order chi connectivity index (χ1) is 11.8. The fourth-order valence-electron chi connectivity index (χ4n) is 2.49. The van der Waals surface area contributed by atoms with Crippen molar-refractivity contribution in [2.75, 3.05) is 7.11 Å². The van der Waals surface area contributed by atoms with Crippen molar-refractivity contribution in [1.82, 2.24) is 10.3 Å². The number of ether oxygens (including phenoxy) is 1. The minimum atomic E-state index is -0.216. The number of nitrogens with zero attached hydrogens (tertiary/aromatic N) is 1. The number of carbonyl (C=O) groups is 1. The number of benzene rings is 1. The number of pyridine rings is 1. The van der Waals surface area contributed by atoms with Crippen LogP contribution in [-0.2, 0) is 11.2 Å². The Kier molecular flexibility index (Phi) is 5.23. The minimum absolute atomic E-state index is 0.00456. The number of methoxy groups -OCH3 is 1. The van der Waals surface area contributed by atoms with E-state index in [2.05, 4.69) is 10.3 Å². The highest BCUT2D eigenvalue weighted by molar-refractivity contribution is 7.10. The summed E-state index contributed by atoms with van der Waals surface area (Å²) in [4.78, 5) is 17.6. The average Bonchev–Trinajstić information content (AvgIpc) is 3.13. The lowest BCUT2D eigenvalue weighted by Crippen LogP contribution is -2.30. The van der Waals surface area contributed by atoms with Crippen LogP contribution in [0.15, 0.2) is 66.3 Å². The summed E-state index contributed by atoms with van der Waals surface area (Å²) in [5.41, 5.74) is 2.00. The number of carbonyl (C=O) groups excluding carboxylic acids is 1. The third kappa shape index (κ3) is 4.00. The Morgan fingerprint density at radius 3 is 2.46 bits per heavy atom. The Morgan fingerprint density at radius 2 is 1.83 bits per heavy atom. The molecule has 3 rings (SSSR count). The second-order valence-electron chi connectivity index (χ2n) is 5.31. The lowest BCUT2D eigenvalue weighted by Gasteiger charge is -2.20. The van der Waals surface area contributed by atoms with Crippen molar-refractivity contribution in [2.24, 2.45) is 0 Å². The molecule has 1 aromatic carbocycles. The standard InChI is InChI=1S/C19H18N2O2S/c1-23-16-6-4-14(5-7-16)19(15-8-10-20-11-9-15)21-18(22)13-17-3-2-12-24-17/h2-12,19H,13H2,1H3,(H,21,22). The molecule has 5 heteroatoms. The van der Waals surface area contributed by atoms with Crippen molar-refractivity contribution in [2.45, 2.75) is 12.5 Å². The topological polar surface area (TPSA) is 51.2 Å². The molecule has 0 aliphatic heterocycles. The number of hydrogen-bond donors (Lipinski definition) is 1. The fraction of sp³-hybridized carbons (Fsp3) is 0.158. The van der Waals surface area contributed by atoms with E-state index in [0.29, 0.717) is 6.42 Å². The first kappa shape index (κ1) is 16.2. The summed E-state index contributed by atoms with van der Waals surface area (Å²) in [6.45, 7) is 0. The van der Waals surface area contributed by atoms with E-state index in [1.165, 1.54) is 0 Å². The van der Waals surface area contributed by atoms with Gasteiger partial charge in [0.1, 0.15) is 5.75 Å². The van der Waals surface area contributed by atoms with Gasteiger partial charge in [-0.2, -0.15) is 0 Å². The molecular weight excluding hydrogens is 320 g/mol. The molecule has 0 bridgehead atoms. The molecule has 24 heavy (non-hydrogen) atoms. The summed E-state index contributed by atoms with van der Waals surface area (Å²) in [5.74, 6) is 0.784. The second-order valence-corrected chi connectivity index (χ2v) is 6.34. The maximum Gasteiger partial charge on any atom is 0.226 e. The Morgan fingerprint density at radius 1 is 1.12 bits per heavy atom. The Balaban J connectivity index is 1.83. The van der Waals surface area contributed by atoms with Crippen LogP contribution in [0.25, 0.3) is 0 Å². The number of rotatable bonds is 6. The van der Waals surface area contributed by atoms with E-state index < -0.39 is 0 Å². The van der Waals surface area contributed by atoms with Crippen molar-refractivity contribution in [3.8, 4) is 5.75 Å². The quantitative estimate of drug-likeness (QED) is 0.747. The van der Waals surface area contributed by atoms with Crippen LogP contribution in [-0.4, -0.2) is 18.0 Å². The van der Waals surface area contributed by atoms with Gasteiger partial charge in [-0.25, -0.2) is 0 Å². The normalized spacial score (nSPS) is 11.7. The predicted molar refractivity (Wildman–Crippen MR) is 95.2 cm³/mol. The Labute approximate surface area is 145 Å². The third-order valence-corrected chi connectivity index (χ3v) is 4.59. The van der Waals surface area contributed by atoms with Crippen molar-refractivity contribution < 1.29 is 9.53 Å². The molecule has 0 aliphatic rings. The number of hydrogen-bond acceptors (Lipinski definition) is 4. The van der Waals surface area contributed by atoms with E-state index in [-0.39, 0.29) is 11.9 Å². The predicted octanol–water partition coefficient (Wildman–Crippen LogP) is 3.60. The van der Waals surface area contributed by atoms with E-state index >= 15 is 0 Å². The van der Waals surface area contributed by atoms with Gasteiger partial charge in [0.25, 0.3) is 0 Å². The fourth-order valence-corrected chi connectivity index (χ4v) is 3.20. The van der Waals surface area contributed by atoms with Crippen molar-refractivity contribution >= 4 is 17.2 Å². The summed E-state index contributed by atoms with van der Waals surface area (Å²) in [6.07, 6.45) is 3.85. The van der Waals surface area contributed by atoms with Crippen LogP contribution in [0, 0.1) is 0 Å². The molecule has 0 spiro atoms. The van der Waals surface area contributed by atoms with Crippen LogP contribution >= 0.6 is 11.3 Å². The molecule has 1 atom stereocenters. The second kappa shape index (κ2) is 7.75. The van der Waals surface area contributed by atoms with Gasteiger partial charge in [-0.3, -0.25) is 9.78 Å². The van der Waals surface area contributed by atoms with Gasteiger partial charge in [0, 0.05) is 17.3 Å². The van der Waals surface area contributed by atoms with Crippen LogP contribution in [0.4, 0.5) is 0 Å². The van der Waals surface area contributed by atoms with Gasteiger partial charge < -0.3 is 10.1 Å². The van der Waals surface area contributed by atoms with Crippen LogP contribution in [0.1, 0.15) is 22.0 Å². The van der Waals surface area contributed by atoms with E-state index in [0.717, 1.165) is 21.8 Å². The molecule has 0 saturated carbocycles. The van der Waals surface area contributed by atoms with Crippen molar-refractivity contribution in [3.05, 3.63) is 82.3 Å². The lowest BCUT2D eigenvalue weighted by molar-refractivity contribution is -0.120. The highest BCUT2D eigenvalue weighted by Crippen LogP contribution is 2.24. The van der Waals surface area contributed by atoms with E-state index in [4.69, 9.17) is 4.74 Å². The summed E-state index contributed by atoms with van der Waals surface area (Å²) in [5, 5.41) is 5.10. The van der Waals surface area contributed by atoms with Crippen LogP contribution in [0.5, 0.6) is 5.75 Å². The van der Waals surface area contributed by atoms with Crippen LogP contribution in [0.3, 0.4) is 0 Å². The zero-order valence-electron chi connectivity index (χ0n) is 13.3. The highest BCUT2D eigenvalue weighted by atomic mass is 32.1. The molecule has 0 fully saturated rings. The highest BCUT2D eigenvalue weighted by Gasteiger charge is 2.17. The average molecular weight is 338 g/mol. The molecule has 1 unspecified atom stereocenters. The Bertz CT molecular complexity index is 771. The van der Waals surface area contributed by atoms with Gasteiger partial charge in [-0.05, 0) is 46.8 Å². The van der Waals surface area contributed by atoms with Gasteiger partial charge in [-0.15, -0.1) is 11.3 Å². The first-order valence-electron chi connectivity index (χ1n) is 7.62. The van der Waals surface area contributed by atoms with Gasteiger partial charge in [0.2, 0.25) is 5.91 Å². The molecule has 2 heterocycles. The summed E-state index contributed by atoms with van der Waals surface area (Å²) in [7, 11) is 1.64.